The molecule has 0 atom stereocenters. The van der Waals surface area contributed by atoms with Gasteiger partial charge >= 0.3 is 0 Å². The van der Waals surface area contributed by atoms with E-state index in [1.54, 1.807) is 0 Å². The minimum atomic E-state index is -0.0126. The molecule has 2 aromatic rings. The van der Waals surface area contributed by atoms with Crippen molar-refractivity contribution in [1.29, 1.82) is 0 Å². The first-order valence-corrected chi connectivity index (χ1v) is 9.40. The normalized spacial score (nSPS) is 15.4. The van der Waals surface area contributed by atoms with Crippen molar-refractivity contribution in [2.45, 2.75) is 11.5 Å². The summed E-state index contributed by atoms with van der Waals surface area (Å²) in [5, 5.41) is 4.95. The lowest BCUT2D eigenvalue weighted by Gasteiger charge is -2.11. The second kappa shape index (κ2) is 6.24. The highest BCUT2D eigenvalue weighted by Gasteiger charge is 2.18. The van der Waals surface area contributed by atoms with Gasteiger partial charge in [0, 0.05) is 17.2 Å². The van der Waals surface area contributed by atoms with Crippen LogP contribution < -0.4 is 5.32 Å². The summed E-state index contributed by atoms with van der Waals surface area (Å²) in [7, 11) is 0. The molecular weight excluding hydrogens is 306 g/mol. The van der Waals surface area contributed by atoms with E-state index in [0.717, 1.165) is 16.1 Å². The van der Waals surface area contributed by atoms with Crippen molar-refractivity contribution in [3.63, 3.8) is 0 Å². The van der Waals surface area contributed by atoms with Gasteiger partial charge in [-0.15, -0.1) is 34.9 Å². The molecule has 1 fully saturated rings. The van der Waals surface area contributed by atoms with Gasteiger partial charge in [0.25, 0.3) is 5.91 Å². The number of thioether (sulfide) groups is 2. The van der Waals surface area contributed by atoms with Crippen molar-refractivity contribution in [2.75, 3.05) is 16.8 Å². The molecule has 2 heterocycles. The first-order chi connectivity index (χ1) is 9.74. The fourth-order valence-electron chi connectivity index (χ4n) is 2.11. The van der Waals surface area contributed by atoms with Gasteiger partial charge in [0.1, 0.15) is 0 Å². The number of amides is 1. The van der Waals surface area contributed by atoms with Crippen LogP contribution in [0.3, 0.4) is 0 Å². The van der Waals surface area contributed by atoms with Crippen LogP contribution in [0.5, 0.6) is 0 Å². The number of carbonyl (C=O) groups excluding carboxylic acids is 1. The molecular formula is C15H15NOS3. The van der Waals surface area contributed by atoms with Gasteiger partial charge in [0.05, 0.1) is 9.46 Å². The lowest BCUT2D eigenvalue weighted by molar-refractivity contribution is 0.103. The van der Waals surface area contributed by atoms with Crippen LogP contribution in [0.4, 0.5) is 5.69 Å². The van der Waals surface area contributed by atoms with E-state index < -0.39 is 0 Å². The van der Waals surface area contributed by atoms with Crippen LogP contribution in [0.1, 0.15) is 25.4 Å². The van der Waals surface area contributed by atoms with Crippen molar-refractivity contribution < 1.29 is 4.79 Å². The number of thiophene rings is 1. The molecule has 0 saturated carbocycles. The number of hydrogen-bond donors (Lipinski definition) is 1. The number of benzene rings is 1. The number of nitrogens with one attached hydrogen (secondary N) is 1. The maximum Gasteiger partial charge on any atom is 0.265 e. The van der Waals surface area contributed by atoms with E-state index in [-0.39, 0.29) is 5.91 Å². The summed E-state index contributed by atoms with van der Waals surface area (Å²) in [5.41, 5.74) is 3.21. The largest absolute Gasteiger partial charge is 0.321 e. The Balaban J connectivity index is 1.76. The van der Waals surface area contributed by atoms with E-state index in [2.05, 4.69) is 17.4 Å². The Morgan fingerprint density at radius 3 is 2.75 bits per heavy atom. The monoisotopic (exact) mass is 321 g/mol. The maximum atomic E-state index is 12.2. The molecule has 1 aromatic carbocycles. The van der Waals surface area contributed by atoms with Crippen LogP contribution in [0.25, 0.3) is 0 Å². The van der Waals surface area contributed by atoms with Gasteiger partial charge in [-0.3, -0.25) is 4.79 Å². The average Bonchev–Trinajstić information content (AvgIpc) is 3.09. The first-order valence-electron chi connectivity index (χ1n) is 6.42. The SMILES string of the molecule is Cc1ccsc1C(=O)Nc1cccc(C2SCCS2)c1. The predicted octanol–water partition coefficient (Wildman–Crippen LogP) is 4.79. The Kier molecular flexibility index (Phi) is 4.38. The topological polar surface area (TPSA) is 29.1 Å². The molecule has 104 valence electrons. The van der Waals surface area contributed by atoms with E-state index in [1.165, 1.54) is 28.4 Å². The smallest absolute Gasteiger partial charge is 0.265 e. The Hall–Kier alpha value is -0.910. The standard InChI is InChI=1S/C15H15NOS3/c1-10-5-6-18-13(10)14(17)16-12-4-2-3-11(9-12)15-19-7-8-20-15/h2-6,9,15H,7-8H2,1H3,(H,16,17). The fraction of sp³-hybridized carbons (Fsp3) is 0.267. The molecule has 1 N–H and O–H groups in total. The molecule has 20 heavy (non-hydrogen) atoms. The summed E-state index contributed by atoms with van der Waals surface area (Å²) in [6, 6.07) is 10.2. The summed E-state index contributed by atoms with van der Waals surface area (Å²) in [4.78, 5) is 13.0. The molecule has 0 bridgehead atoms. The summed E-state index contributed by atoms with van der Waals surface area (Å²) < 4.78 is 0.510. The van der Waals surface area contributed by atoms with Crippen molar-refractivity contribution in [2.24, 2.45) is 0 Å². The fourth-order valence-corrected chi connectivity index (χ4v) is 5.77. The number of aryl methyl sites for hydroxylation is 1. The van der Waals surface area contributed by atoms with Gasteiger partial charge < -0.3 is 5.32 Å². The highest BCUT2D eigenvalue weighted by Crippen LogP contribution is 2.45. The summed E-state index contributed by atoms with van der Waals surface area (Å²) in [6.45, 7) is 1.97. The van der Waals surface area contributed by atoms with Gasteiger partial charge in [-0.2, -0.15) is 0 Å². The van der Waals surface area contributed by atoms with E-state index >= 15 is 0 Å². The second-order valence-electron chi connectivity index (χ2n) is 4.59. The number of rotatable bonds is 3. The predicted molar refractivity (Wildman–Crippen MR) is 91.1 cm³/mol. The van der Waals surface area contributed by atoms with Gasteiger partial charge in [-0.05, 0) is 41.6 Å². The molecule has 2 nitrogen and oxygen atoms in total. The molecule has 0 radical (unpaired) electrons. The third-order valence-corrected chi connectivity index (χ3v) is 7.23. The molecule has 1 aromatic heterocycles. The van der Waals surface area contributed by atoms with Crippen molar-refractivity contribution in [3.8, 4) is 0 Å². The Labute approximate surface area is 131 Å². The zero-order valence-corrected chi connectivity index (χ0v) is 13.5. The first kappa shape index (κ1) is 14.0. The molecule has 1 saturated heterocycles. The Morgan fingerprint density at radius 2 is 2.05 bits per heavy atom. The van der Waals surface area contributed by atoms with Crippen molar-refractivity contribution in [3.05, 3.63) is 51.7 Å². The minimum absolute atomic E-state index is 0.0126. The van der Waals surface area contributed by atoms with Gasteiger partial charge in [-0.1, -0.05) is 12.1 Å². The molecule has 0 aliphatic carbocycles. The zero-order chi connectivity index (χ0) is 13.9. The number of anilines is 1. The quantitative estimate of drug-likeness (QED) is 0.881. The molecule has 5 heteroatoms. The van der Waals surface area contributed by atoms with Gasteiger partial charge in [-0.25, -0.2) is 0 Å². The third-order valence-electron chi connectivity index (χ3n) is 3.11. The molecule has 0 spiro atoms. The number of hydrogen-bond acceptors (Lipinski definition) is 4. The lowest BCUT2D eigenvalue weighted by atomic mass is 10.2. The second-order valence-corrected chi connectivity index (χ2v) is 8.23. The van der Waals surface area contributed by atoms with Gasteiger partial charge in [0.15, 0.2) is 0 Å². The van der Waals surface area contributed by atoms with E-state index in [0.29, 0.717) is 4.58 Å². The molecule has 0 unspecified atom stereocenters. The van der Waals surface area contributed by atoms with Crippen LogP contribution in [0.2, 0.25) is 0 Å². The van der Waals surface area contributed by atoms with Crippen LogP contribution in [-0.4, -0.2) is 17.4 Å². The van der Waals surface area contributed by atoms with Gasteiger partial charge in [0.2, 0.25) is 0 Å². The molecule has 1 aliphatic heterocycles. The maximum absolute atomic E-state index is 12.2. The molecule has 1 amide bonds. The summed E-state index contributed by atoms with van der Waals surface area (Å²) in [6.07, 6.45) is 0. The Bertz CT molecular complexity index is 617. The van der Waals surface area contributed by atoms with Crippen molar-refractivity contribution >= 4 is 46.5 Å². The Morgan fingerprint density at radius 1 is 1.25 bits per heavy atom. The van der Waals surface area contributed by atoms with Crippen LogP contribution in [0.15, 0.2) is 35.7 Å². The average molecular weight is 321 g/mol. The lowest BCUT2D eigenvalue weighted by Crippen LogP contribution is -2.11. The molecule has 3 rings (SSSR count). The number of carbonyl (C=O) groups is 1. The van der Waals surface area contributed by atoms with Crippen LogP contribution in [0, 0.1) is 6.92 Å². The summed E-state index contributed by atoms with van der Waals surface area (Å²) >= 11 is 5.44. The minimum Gasteiger partial charge on any atom is -0.321 e. The highest BCUT2D eigenvalue weighted by atomic mass is 32.2. The zero-order valence-electron chi connectivity index (χ0n) is 11.1. The van der Waals surface area contributed by atoms with Crippen LogP contribution in [-0.2, 0) is 0 Å². The molecule has 1 aliphatic rings. The van der Waals surface area contributed by atoms with Crippen LogP contribution >= 0.6 is 34.9 Å². The van der Waals surface area contributed by atoms with E-state index in [4.69, 9.17) is 0 Å². The highest BCUT2D eigenvalue weighted by molar-refractivity contribution is 8.19. The summed E-state index contributed by atoms with van der Waals surface area (Å²) in [5.74, 6) is 2.40. The van der Waals surface area contributed by atoms with E-state index in [1.807, 2.05) is 54.0 Å². The van der Waals surface area contributed by atoms with Crippen molar-refractivity contribution in [1.82, 2.24) is 0 Å². The third kappa shape index (κ3) is 3.05. The van der Waals surface area contributed by atoms with E-state index in [9.17, 15) is 4.79 Å².